The summed E-state index contributed by atoms with van der Waals surface area (Å²) in [5, 5.41) is 4.53. The molecule has 3 heterocycles. The number of hydrogen-bond acceptors (Lipinski definition) is 3. The summed E-state index contributed by atoms with van der Waals surface area (Å²) in [6.45, 7) is 28.9. The fraction of sp³-hybridized carbons (Fsp3) is 0.226. The van der Waals surface area contributed by atoms with Crippen molar-refractivity contribution in [3.8, 4) is 22.3 Å². The lowest BCUT2D eigenvalue weighted by Crippen LogP contribution is -2.48. The fourth-order valence-electron chi connectivity index (χ4n) is 14.4. The number of hydrogen-bond donors (Lipinski definition) is 0. The van der Waals surface area contributed by atoms with Crippen molar-refractivity contribution < 1.29 is 10.2 Å². The molecule has 484 valence electrons. The molecule has 3 aliphatic rings. The molecule has 12 aromatic carbocycles. The van der Waals surface area contributed by atoms with Crippen molar-refractivity contribution >= 4 is 55.3 Å². The van der Waals surface area contributed by atoms with Gasteiger partial charge in [-0.1, -0.05) is 318 Å². The van der Waals surface area contributed by atoms with Gasteiger partial charge in [0.15, 0.2) is 0 Å². The van der Waals surface area contributed by atoms with Gasteiger partial charge in [0.25, 0.3) is 0 Å². The Morgan fingerprint density at radius 2 is 0.875 bits per heavy atom. The van der Waals surface area contributed by atoms with E-state index in [9.17, 15) is 0 Å². The number of para-hydroxylation sites is 5. The molecular weight excluding hydrogens is 1160 g/mol. The molecule has 96 heavy (non-hydrogen) atoms. The lowest BCUT2D eigenvalue weighted by atomic mass is 9.72. The van der Waals surface area contributed by atoms with Gasteiger partial charge in [0.05, 0.1) is 6.91 Å². The number of furan rings is 2. The molecule has 1 aliphatic heterocycles. The summed E-state index contributed by atoms with van der Waals surface area (Å²) in [7, 11) is 0. The van der Waals surface area contributed by atoms with Gasteiger partial charge < -0.3 is 13.7 Å². The van der Waals surface area contributed by atoms with E-state index in [4.69, 9.17) is 10.2 Å². The van der Waals surface area contributed by atoms with Crippen LogP contribution >= 0.6 is 0 Å². The molecule has 2 aliphatic carbocycles. The maximum absolute atomic E-state index is 7.77. The highest BCUT2D eigenvalue weighted by atomic mass is 16.3. The summed E-state index contributed by atoms with van der Waals surface area (Å²) < 4.78 is 19.3. The predicted octanol–water partition coefficient (Wildman–Crippen LogP) is 26.3. The summed E-state index contributed by atoms with van der Waals surface area (Å²) >= 11 is 0. The molecule has 1 fully saturated rings. The lowest BCUT2D eigenvalue weighted by Gasteiger charge is -2.42. The normalized spacial score (nSPS) is 15.9. The van der Waals surface area contributed by atoms with Gasteiger partial charge in [0, 0.05) is 43.7 Å². The maximum Gasteiger partial charge on any atom is 0.138 e. The van der Waals surface area contributed by atoms with Crippen LogP contribution in [0, 0.1) is 54.4 Å². The van der Waals surface area contributed by atoms with Crippen LogP contribution in [-0.2, 0) is 17.3 Å². The zero-order valence-electron chi connectivity index (χ0n) is 59.7. The highest BCUT2D eigenvalue weighted by molar-refractivity contribution is 6.06. The minimum Gasteiger partial charge on any atom is -0.456 e. The number of nitrogens with zero attached hydrogens (tertiary/aromatic N) is 1. The summed E-state index contributed by atoms with van der Waals surface area (Å²) in [4.78, 5) is 2.61. The van der Waals surface area contributed by atoms with E-state index in [2.05, 4.69) is 288 Å². The minimum absolute atomic E-state index is 0.151. The van der Waals surface area contributed by atoms with E-state index in [1.54, 1.807) is 11.6 Å². The van der Waals surface area contributed by atoms with Crippen molar-refractivity contribution in [2.75, 3.05) is 4.90 Å². The molecule has 1 saturated carbocycles. The Bertz CT molecular complexity index is 4880. The van der Waals surface area contributed by atoms with E-state index in [0.29, 0.717) is 11.6 Å². The van der Waals surface area contributed by atoms with Gasteiger partial charge in [0.1, 0.15) is 22.3 Å². The van der Waals surface area contributed by atoms with Crippen LogP contribution in [0.15, 0.2) is 294 Å². The van der Waals surface area contributed by atoms with Crippen LogP contribution in [0.25, 0.3) is 66.1 Å². The molecule has 0 radical (unpaired) electrons. The van der Waals surface area contributed by atoms with Gasteiger partial charge in [0.2, 0.25) is 0 Å². The van der Waals surface area contributed by atoms with Gasteiger partial charge in [-0.25, -0.2) is 0 Å². The highest BCUT2D eigenvalue weighted by Crippen LogP contribution is 2.62. The number of benzene rings is 12. The summed E-state index contributed by atoms with van der Waals surface area (Å²) in [5.41, 5.74) is 27.3. The first-order valence-corrected chi connectivity index (χ1v) is 34.4. The Balaban J connectivity index is 0.000000117. The van der Waals surface area contributed by atoms with Crippen molar-refractivity contribution in [2.24, 2.45) is 5.92 Å². The van der Waals surface area contributed by atoms with Crippen LogP contribution in [0.5, 0.6) is 0 Å². The molecule has 3 nitrogen and oxygen atoms in total. The van der Waals surface area contributed by atoms with Crippen molar-refractivity contribution in [1.82, 2.24) is 0 Å². The lowest BCUT2D eigenvalue weighted by molar-refractivity contribution is 0.330. The first kappa shape index (κ1) is 66.1. The number of fused-ring (bicyclic) bond motifs is 12. The molecule has 0 N–H and O–H groups in total. The zero-order chi connectivity index (χ0) is 68.4. The predicted molar refractivity (Wildman–Crippen MR) is 413 cm³/mol. The van der Waals surface area contributed by atoms with Crippen molar-refractivity contribution in [1.29, 1.82) is 0 Å². The second kappa shape index (κ2) is 29.8. The molecule has 0 bridgehead atoms. The van der Waals surface area contributed by atoms with Crippen LogP contribution in [0.3, 0.4) is 0 Å². The molecule has 2 aromatic heterocycles. The zero-order valence-corrected chi connectivity index (χ0v) is 58.7. The first-order chi connectivity index (χ1) is 46.7. The Morgan fingerprint density at radius 3 is 1.50 bits per heavy atom. The molecule has 0 spiro atoms. The van der Waals surface area contributed by atoms with E-state index in [1.807, 2.05) is 79.7 Å². The Morgan fingerprint density at radius 1 is 0.396 bits per heavy atom. The molecule has 3 heteroatoms. The summed E-state index contributed by atoms with van der Waals surface area (Å²) in [5.74, 6) is 0.762. The second-order valence-electron chi connectivity index (χ2n) is 27.8. The summed E-state index contributed by atoms with van der Waals surface area (Å²) in [6, 6.07) is 98.0. The standard InChI is InChI=1S/C20H23N.C16H16.2C13H10O.C13H12.C11H16.C7H8/c1-15-10-11-18-17(14-15)19(2)12-7-13-20(19,3)21(18)16-8-5-4-6-9-16;1-11-8-9-13-12-6-4-5-7-14(12)16(2,3)15(13)10-11;2*1-9-5-4-7-11-10-6-2-3-8-12(10)14-13(9)11;1-11-7-5-6-10-13(11)12-8-3-2-4-9-12;1-9(2)8-11-6-4-10(3)5-7-11;1-7-5-3-2-4-6-7/h4-6,8-11,14H,7,12-13H2,1-3H3;4-10H,1-3H3;2*2-8H,1H3;2-10H,1H3;4-7,9H,8H2,1-3H3;2-6H,1H3/i;;8D;;;;. The topological polar surface area (TPSA) is 29.5 Å². The third-order valence-electron chi connectivity index (χ3n) is 19.8. The first-order valence-electron chi connectivity index (χ1n) is 34.9. The Hall–Kier alpha value is -9.96. The third-order valence-corrected chi connectivity index (χ3v) is 19.8. The average Bonchev–Trinajstić information content (AvgIpc) is 1.53. The van der Waals surface area contributed by atoms with Crippen molar-refractivity contribution in [3.05, 3.63) is 346 Å². The fourth-order valence-corrected chi connectivity index (χ4v) is 14.4. The SMILES string of the molecule is Cc1ccc(CC(C)C)cc1.Cc1ccc2c(c1)C(C)(C)c1ccccc1-2.Cc1ccc2c(c1)C1(C)CCCC1(C)N2c1ccccc1.Cc1cccc2c1oc1ccccc12.Cc1ccccc1.Cc1ccccc1-c1ccccc1.[2H]c1cccc2c1oc1c(C)cccc12. The summed E-state index contributed by atoms with van der Waals surface area (Å²) in [6.07, 6.45) is 5.08. The third kappa shape index (κ3) is 14.6. The molecule has 14 aromatic rings. The van der Waals surface area contributed by atoms with Crippen LogP contribution in [0.2, 0.25) is 0 Å². The maximum atomic E-state index is 7.77. The number of anilines is 2. The van der Waals surface area contributed by atoms with Gasteiger partial charge in [-0.15, -0.1) is 0 Å². The van der Waals surface area contributed by atoms with Crippen LogP contribution < -0.4 is 4.90 Å². The van der Waals surface area contributed by atoms with Crippen molar-refractivity contribution in [3.63, 3.8) is 0 Å². The van der Waals surface area contributed by atoms with Crippen LogP contribution in [0.4, 0.5) is 11.4 Å². The van der Waals surface area contributed by atoms with Gasteiger partial charge in [-0.3, -0.25) is 0 Å². The van der Waals surface area contributed by atoms with E-state index >= 15 is 0 Å². The Labute approximate surface area is 573 Å². The second-order valence-corrected chi connectivity index (χ2v) is 27.8. The quantitative estimate of drug-likeness (QED) is 0.176. The van der Waals surface area contributed by atoms with Crippen LogP contribution in [-0.4, -0.2) is 5.54 Å². The molecular formula is C93H95NO2. The molecule has 2 unspecified atom stereocenters. The molecule has 0 saturated heterocycles. The average molecular weight is 1260 g/mol. The van der Waals surface area contributed by atoms with E-state index in [0.717, 1.165) is 39.0 Å². The number of aryl methyl sites for hydroxylation is 7. The minimum atomic E-state index is 0.151. The molecule has 2 atom stereocenters. The van der Waals surface area contributed by atoms with Crippen molar-refractivity contribution in [2.45, 2.75) is 132 Å². The smallest absolute Gasteiger partial charge is 0.138 e. The number of rotatable bonds is 4. The Kier molecular flexibility index (Phi) is 20.5. The monoisotopic (exact) mass is 1260 g/mol. The molecule has 0 amide bonds. The van der Waals surface area contributed by atoms with Gasteiger partial charge in [-0.05, 0) is 172 Å². The van der Waals surface area contributed by atoms with Gasteiger partial charge in [-0.2, -0.15) is 0 Å². The van der Waals surface area contributed by atoms with E-state index in [-0.39, 0.29) is 16.4 Å². The van der Waals surface area contributed by atoms with Gasteiger partial charge >= 0.3 is 0 Å². The largest absolute Gasteiger partial charge is 0.456 e. The molecule has 17 rings (SSSR count). The van der Waals surface area contributed by atoms with Crippen LogP contribution in [0.1, 0.15) is 123 Å². The van der Waals surface area contributed by atoms with E-state index in [1.165, 1.54) is 120 Å². The highest BCUT2D eigenvalue weighted by Gasteiger charge is 2.59. The van der Waals surface area contributed by atoms with E-state index < -0.39 is 0 Å².